The molecule has 102 valence electrons. The van der Waals surface area contributed by atoms with Gasteiger partial charge < -0.3 is 5.32 Å². The molecule has 1 aliphatic heterocycles. The molecule has 18 heavy (non-hydrogen) atoms. The van der Waals surface area contributed by atoms with Crippen molar-refractivity contribution in [2.75, 3.05) is 19.6 Å². The highest BCUT2D eigenvalue weighted by atomic mass is 32.1. The molecule has 2 heterocycles. The van der Waals surface area contributed by atoms with Crippen molar-refractivity contribution in [2.45, 2.75) is 51.6 Å². The van der Waals surface area contributed by atoms with Gasteiger partial charge in [0.2, 0.25) is 0 Å². The minimum Gasteiger partial charge on any atom is -0.313 e. The molecule has 2 atom stereocenters. The highest BCUT2D eigenvalue weighted by Gasteiger charge is 2.21. The van der Waals surface area contributed by atoms with Crippen molar-refractivity contribution < 1.29 is 0 Å². The van der Waals surface area contributed by atoms with E-state index in [1.807, 2.05) is 11.3 Å². The lowest BCUT2D eigenvalue weighted by molar-refractivity contribution is 0.201. The van der Waals surface area contributed by atoms with Crippen molar-refractivity contribution >= 4 is 11.3 Å². The second-order valence-corrected chi connectivity index (χ2v) is 6.25. The van der Waals surface area contributed by atoms with Gasteiger partial charge in [-0.25, -0.2) is 0 Å². The molecule has 1 aromatic rings. The Labute approximate surface area is 115 Å². The number of thiophene rings is 1. The van der Waals surface area contributed by atoms with Crippen LogP contribution in [0.2, 0.25) is 0 Å². The molecule has 0 bridgehead atoms. The van der Waals surface area contributed by atoms with Crippen LogP contribution in [-0.2, 0) is 6.42 Å². The summed E-state index contributed by atoms with van der Waals surface area (Å²) in [5.74, 6) is 0. The fourth-order valence-corrected chi connectivity index (χ4v) is 3.53. The van der Waals surface area contributed by atoms with E-state index in [0.29, 0.717) is 12.1 Å². The van der Waals surface area contributed by atoms with Gasteiger partial charge in [0.15, 0.2) is 0 Å². The molecule has 2 rings (SSSR count). The van der Waals surface area contributed by atoms with E-state index in [4.69, 9.17) is 0 Å². The van der Waals surface area contributed by atoms with E-state index in [2.05, 4.69) is 40.9 Å². The fraction of sp³-hybridized carbons (Fsp3) is 0.733. The van der Waals surface area contributed by atoms with Crippen LogP contribution in [0.5, 0.6) is 0 Å². The summed E-state index contributed by atoms with van der Waals surface area (Å²) in [7, 11) is 0. The first kappa shape index (κ1) is 14.0. The van der Waals surface area contributed by atoms with Crippen LogP contribution in [0.3, 0.4) is 0 Å². The minimum absolute atomic E-state index is 0.666. The summed E-state index contributed by atoms with van der Waals surface area (Å²) in [5, 5.41) is 8.16. The predicted octanol–water partition coefficient (Wildman–Crippen LogP) is 3.14. The first-order chi connectivity index (χ1) is 8.79. The molecule has 2 nitrogen and oxygen atoms in total. The highest BCUT2D eigenvalue weighted by Crippen LogP contribution is 2.15. The maximum atomic E-state index is 3.69. The Hall–Kier alpha value is -0.380. The molecule has 0 aliphatic carbocycles. The molecule has 2 unspecified atom stereocenters. The molecule has 1 aromatic heterocycles. The average Bonchev–Trinajstić information content (AvgIpc) is 2.74. The second kappa shape index (κ2) is 7.27. The molecule has 0 saturated carbocycles. The maximum Gasteiger partial charge on any atom is 0.0195 e. The number of nitrogens with one attached hydrogen (secondary N) is 1. The van der Waals surface area contributed by atoms with Gasteiger partial charge in [-0.3, -0.25) is 4.90 Å². The Morgan fingerprint density at radius 3 is 3.17 bits per heavy atom. The third-order valence-corrected chi connectivity index (χ3v) is 4.61. The van der Waals surface area contributed by atoms with Gasteiger partial charge in [0.1, 0.15) is 0 Å². The molecular formula is C15H26N2S. The molecule has 0 radical (unpaired) electrons. The topological polar surface area (TPSA) is 15.3 Å². The Kier molecular flexibility index (Phi) is 5.67. The van der Waals surface area contributed by atoms with E-state index < -0.39 is 0 Å². The predicted molar refractivity (Wildman–Crippen MR) is 80.4 cm³/mol. The zero-order chi connectivity index (χ0) is 12.8. The zero-order valence-corrected chi connectivity index (χ0v) is 12.5. The van der Waals surface area contributed by atoms with Crippen molar-refractivity contribution in [1.82, 2.24) is 10.2 Å². The van der Waals surface area contributed by atoms with Crippen molar-refractivity contribution in [3.05, 3.63) is 22.4 Å². The number of rotatable bonds is 5. The van der Waals surface area contributed by atoms with Gasteiger partial charge >= 0.3 is 0 Å². The molecule has 1 N–H and O–H groups in total. The summed E-state index contributed by atoms with van der Waals surface area (Å²) in [6.07, 6.45) is 5.07. The summed E-state index contributed by atoms with van der Waals surface area (Å²) in [6, 6.07) is 3.63. The van der Waals surface area contributed by atoms with Crippen LogP contribution >= 0.6 is 11.3 Å². The summed E-state index contributed by atoms with van der Waals surface area (Å²) >= 11 is 1.81. The van der Waals surface area contributed by atoms with E-state index in [1.165, 1.54) is 50.9 Å². The van der Waals surface area contributed by atoms with Gasteiger partial charge in [-0.15, -0.1) is 0 Å². The van der Waals surface area contributed by atoms with E-state index in [0.717, 1.165) is 0 Å². The lowest BCUT2D eigenvalue weighted by Crippen LogP contribution is -2.42. The first-order valence-electron chi connectivity index (χ1n) is 7.28. The summed E-state index contributed by atoms with van der Waals surface area (Å²) in [5.41, 5.74) is 1.50. The molecule has 3 heteroatoms. The Balaban J connectivity index is 1.89. The molecular weight excluding hydrogens is 240 g/mol. The molecule has 1 saturated heterocycles. The second-order valence-electron chi connectivity index (χ2n) is 5.47. The van der Waals surface area contributed by atoms with Crippen molar-refractivity contribution in [1.29, 1.82) is 0 Å². The first-order valence-corrected chi connectivity index (χ1v) is 8.22. The van der Waals surface area contributed by atoms with Gasteiger partial charge in [0.05, 0.1) is 0 Å². The number of hydrogen-bond donors (Lipinski definition) is 1. The van der Waals surface area contributed by atoms with E-state index in [9.17, 15) is 0 Å². The third-order valence-electron chi connectivity index (χ3n) is 3.88. The lowest BCUT2D eigenvalue weighted by Gasteiger charge is -2.30. The molecule has 0 amide bonds. The Bertz CT molecular complexity index is 323. The smallest absolute Gasteiger partial charge is 0.0195 e. The van der Waals surface area contributed by atoms with Crippen LogP contribution in [0.15, 0.2) is 16.8 Å². The van der Waals surface area contributed by atoms with Crippen molar-refractivity contribution in [3.8, 4) is 0 Å². The SMILES string of the molecule is CCCC1CN(C(C)Cc2ccsc2)CCCN1. The van der Waals surface area contributed by atoms with E-state index in [-0.39, 0.29) is 0 Å². The minimum atomic E-state index is 0.666. The summed E-state index contributed by atoms with van der Waals surface area (Å²) < 4.78 is 0. The van der Waals surface area contributed by atoms with Crippen LogP contribution in [-0.4, -0.2) is 36.6 Å². The van der Waals surface area contributed by atoms with Crippen molar-refractivity contribution in [2.24, 2.45) is 0 Å². The van der Waals surface area contributed by atoms with Gasteiger partial charge in [0.25, 0.3) is 0 Å². The van der Waals surface area contributed by atoms with Crippen LogP contribution in [0.4, 0.5) is 0 Å². The average molecular weight is 266 g/mol. The maximum absolute atomic E-state index is 3.69. The Morgan fingerprint density at radius 1 is 1.56 bits per heavy atom. The monoisotopic (exact) mass is 266 g/mol. The van der Waals surface area contributed by atoms with E-state index >= 15 is 0 Å². The van der Waals surface area contributed by atoms with Gasteiger partial charge in [-0.1, -0.05) is 13.3 Å². The fourth-order valence-electron chi connectivity index (χ4n) is 2.85. The quantitative estimate of drug-likeness (QED) is 0.881. The van der Waals surface area contributed by atoms with Crippen LogP contribution < -0.4 is 5.32 Å². The van der Waals surface area contributed by atoms with Gasteiger partial charge in [-0.2, -0.15) is 11.3 Å². The zero-order valence-electron chi connectivity index (χ0n) is 11.7. The Morgan fingerprint density at radius 2 is 2.44 bits per heavy atom. The van der Waals surface area contributed by atoms with Gasteiger partial charge in [0, 0.05) is 18.6 Å². The molecule has 1 aliphatic rings. The standard InChI is InChI=1S/C15H26N2S/c1-3-5-15-11-17(8-4-7-16-15)13(2)10-14-6-9-18-12-14/h6,9,12-13,15-16H,3-5,7-8,10-11H2,1-2H3. The van der Waals surface area contributed by atoms with E-state index in [1.54, 1.807) is 0 Å². The van der Waals surface area contributed by atoms with Crippen LogP contribution in [0.25, 0.3) is 0 Å². The lowest BCUT2D eigenvalue weighted by atomic mass is 10.1. The largest absolute Gasteiger partial charge is 0.313 e. The van der Waals surface area contributed by atoms with Gasteiger partial charge in [-0.05, 0) is 61.7 Å². The highest BCUT2D eigenvalue weighted by molar-refractivity contribution is 7.07. The third kappa shape index (κ3) is 4.08. The van der Waals surface area contributed by atoms with Crippen LogP contribution in [0, 0.1) is 0 Å². The molecule has 0 aromatic carbocycles. The normalized spacial score (nSPS) is 23.8. The molecule has 0 spiro atoms. The molecule has 1 fully saturated rings. The summed E-state index contributed by atoms with van der Waals surface area (Å²) in [4.78, 5) is 2.68. The number of hydrogen-bond acceptors (Lipinski definition) is 3. The van der Waals surface area contributed by atoms with Crippen molar-refractivity contribution in [3.63, 3.8) is 0 Å². The summed E-state index contributed by atoms with van der Waals surface area (Å²) in [6.45, 7) is 8.32. The van der Waals surface area contributed by atoms with Crippen LogP contribution in [0.1, 0.15) is 38.7 Å². The number of nitrogens with zero attached hydrogens (tertiary/aromatic N) is 1.